The Hall–Kier alpha value is -1.61. The molecule has 0 spiro atoms. The van der Waals surface area contributed by atoms with Gasteiger partial charge in [0.05, 0.1) is 5.52 Å². The maximum atomic E-state index is 4.39. The lowest BCUT2D eigenvalue weighted by molar-refractivity contribution is 0.402. The zero-order valence-corrected chi connectivity index (χ0v) is 11.6. The molecule has 2 unspecified atom stereocenters. The van der Waals surface area contributed by atoms with Crippen LogP contribution in [0.4, 0.5) is 5.69 Å². The number of fused-ring (bicyclic) bond motifs is 1. The fourth-order valence-corrected chi connectivity index (χ4v) is 2.88. The first-order valence-corrected chi connectivity index (χ1v) is 7.12. The van der Waals surface area contributed by atoms with Gasteiger partial charge in [-0.25, -0.2) is 0 Å². The first-order valence-electron chi connectivity index (χ1n) is 7.12. The molecule has 1 fully saturated rings. The summed E-state index contributed by atoms with van der Waals surface area (Å²) in [5.41, 5.74) is 2.39. The van der Waals surface area contributed by atoms with Crippen molar-refractivity contribution in [3.8, 4) is 0 Å². The highest BCUT2D eigenvalue weighted by atomic mass is 15.2. The molecule has 0 amide bonds. The van der Waals surface area contributed by atoms with E-state index in [0.717, 1.165) is 18.6 Å². The molecule has 3 nitrogen and oxygen atoms in total. The summed E-state index contributed by atoms with van der Waals surface area (Å²) in [6.45, 7) is 6.66. The van der Waals surface area contributed by atoms with Gasteiger partial charge in [0.25, 0.3) is 0 Å². The van der Waals surface area contributed by atoms with Crippen LogP contribution in [0.25, 0.3) is 10.9 Å². The summed E-state index contributed by atoms with van der Waals surface area (Å²) in [5.74, 6) is 0. The Morgan fingerprint density at radius 2 is 2.26 bits per heavy atom. The van der Waals surface area contributed by atoms with Crippen molar-refractivity contribution >= 4 is 16.6 Å². The van der Waals surface area contributed by atoms with Crippen LogP contribution in [-0.4, -0.2) is 30.2 Å². The van der Waals surface area contributed by atoms with E-state index >= 15 is 0 Å². The molecule has 1 N–H and O–H groups in total. The normalized spacial score (nSPS) is 23.8. The van der Waals surface area contributed by atoms with Crippen LogP contribution in [0.1, 0.15) is 20.3 Å². The molecule has 19 heavy (non-hydrogen) atoms. The molecule has 3 heteroatoms. The van der Waals surface area contributed by atoms with Gasteiger partial charge in [-0.05, 0) is 37.6 Å². The number of nitrogens with one attached hydrogen (secondary N) is 1. The highest BCUT2D eigenvalue weighted by Crippen LogP contribution is 2.25. The van der Waals surface area contributed by atoms with Gasteiger partial charge < -0.3 is 10.2 Å². The Morgan fingerprint density at radius 1 is 1.37 bits per heavy atom. The Labute approximate surface area is 114 Å². The molecular formula is C16H21N3. The van der Waals surface area contributed by atoms with Crippen molar-refractivity contribution in [1.29, 1.82) is 0 Å². The molecule has 1 aliphatic heterocycles. The largest absolute Gasteiger partial charge is 0.366 e. The maximum Gasteiger partial charge on any atom is 0.0703 e. The standard InChI is InChI=1S/C16H21N3/c1-3-14-10-18-12(2)11-19(14)15-6-7-16-13(9-15)5-4-8-17-16/h4-9,12,14,18H,3,10-11H2,1-2H3. The van der Waals surface area contributed by atoms with Crippen molar-refractivity contribution in [2.24, 2.45) is 0 Å². The van der Waals surface area contributed by atoms with Crippen LogP contribution >= 0.6 is 0 Å². The molecule has 3 rings (SSSR count). The number of piperazine rings is 1. The smallest absolute Gasteiger partial charge is 0.0703 e. The van der Waals surface area contributed by atoms with Crippen LogP contribution < -0.4 is 10.2 Å². The van der Waals surface area contributed by atoms with Crippen LogP contribution in [0.15, 0.2) is 36.5 Å². The molecular weight excluding hydrogens is 234 g/mol. The lowest BCUT2D eigenvalue weighted by Gasteiger charge is -2.40. The Morgan fingerprint density at radius 3 is 3.11 bits per heavy atom. The quantitative estimate of drug-likeness (QED) is 0.894. The molecule has 0 radical (unpaired) electrons. The van der Waals surface area contributed by atoms with Gasteiger partial charge in [0.1, 0.15) is 0 Å². The number of benzene rings is 1. The van der Waals surface area contributed by atoms with Crippen molar-refractivity contribution < 1.29 is 0 Å². The zero-order valence-electron chi connectivity index (χ0n) is 11.6. The van der Waals surface area contributed by atoms with Gasteiger partial charge in [0.15, 0.2) is 0 Å². The van der Waals surface area contributed by atoms with E-state index in [-0.39, 0.29) is 0 Å². The average Bonchev–Trinajstić information content (AvgIpc) is 2.46. The molecule has 100 valence electrons. The number of hydrogen-bond donors (Lipinski definition) is 1. The lowest BCUT2D eigenvalue weighted by atomic mass is 10.1. The van der Waals surface area contributed by atoms with Gasteiger partial charge in [0, 0.05) is 42.4 Å². The molecule has 1 aliphatic rings. The number of pyridine rings is 1. The van der Waals surface area contributed by atoms with E-state index < -0.39 is 0 Å². The topological polar surface area (TPSA) is 28.2 Å². The van der Waals surface area contributed by atoms with Crippen LogP contribution in [-0.2, 0) is 0 Å². The first kappa shape index (κ1) is 12.4. The van der Waals surface area contributed by atoms with Crippen LogP contribution in [0.2, 0.25) is 0 Å². The highest BCUT2D eigenvalue weighted by molar-refractivity contribution is 5.82. The minimum Gasteiger partial charge on any atom is -0.366 e. The second-order valence-electron chi connectivity index (χ2n) is 5.40. The number of anilines is 1. The van der Waals surface area contributed by atoms with Crippen molar-refractivity contribution in [3.63, 3.8) is 0 Å². The van der Waals surface area contributed by atoms with Gasteiger partial charge in [-0.15, -0.1) is 0 Å². The summed E-state index contributed by atoms with van der Waals surface area (Å²) >= 11 is 0. The molecule has 0 aliphatic carbocycles. The van der Waals surface area contributed by atoms with E-state index in [0.29, 0.717) is 12.1 Å². The number of aromatic nitrogens is 1. The van der Waals surface area contributed by atoms with E-state index in [1.54, 1.807) is 0 Å². The van der Waals surface area contributed by atoms with Gasteiger partial charge in [-0.3, -0.25) is 4.98 Å². The van der Waals surface area contributed by atoms with E-state index in [4.69, 9.17) is 0 Å². The van der Waals surface area contributed by atoms with Crippen LogP contribution in [0, 0.1) is 0 Å². The molecule has 2 aromatic rings. The van der Waals surface area contributed by atoms with Crippen molar-refractivity contribution in [1.82, 2.24) is 10.3 Å². The zero-order chi connectivity index (χ0) is 13.2. The van der Waals surface area contributed by atoms with E-state index in [1.807, 2.05) is 12.3 Å². The molecule has 2 atom stereocenters. The van der Waals surface area contributed by atoms with E-state index in [2.05, 4.69) is 53.3 Å². The first-order chi connectivity index (χ1) is 9.28. The van der Waals surface area contributed by atoms with Gasteiger partial charge in [-0.1, -0.05) is 13.0 Å². The third-order valence-electron chi connectivity index (χ3n) is 4.00. The van der Waals surface area contributed by atoms with Crippen LogP contribution in [0.5, 0.6) is 0 Å². The summed E-state index contributed by atoms with van der Waals surface area (Å²) in [7, 11) is 0. The second kappa shape index (κ2) is 5.17. The van der Waals surface area contributed by atoms with E-state index in [1.165, 1.54) is 17.5 Å². The number of hydrogen-bond acceptors (Lipinski definition) is 3. The van der Waals surface area contributed by atoms with Gasteiger partial charge in [-0.2, -0.15) is 0 Å². The minimum atomic E-state index is 0.549. The monoisotopic (exact) mass is 255 g/mol. The molecule has 1 aromatic heterocycles. The number of rotatable bonds is 2. The molecule has 1 aromatic carbocycles. The highest BCUT2D eigenvalue weighted by Gasteiger charge is 2.24. The second-order valence-corrected chi connectivity index (χ2v) is 5.40. The fourth-order valence-electron chi connectivity index (χ4n) is 2.88. The maximum absolute atomic E-state index is 4.39. The minimum absolute atomic E-state index is 0.549. The number of nitrogens with zero attached hydrogens (tertiary/aromatic N) is 2. The lowest BCUT2D eigenvalue weighted by Crippen LogP contribution is -2.55. The molecule has 1 saturated heterocycles. The third kappa shape index (κ3) is 2.43. The summed E-state index contributed by atoms with van der Waals surface area (Å²) in [5, 5.41) is 4.79. The van der Waals surface area contributed by atoms with Crippen molar-refractivity contribution in [3.05, 3.63) is 36.5 Å². The predicted octanol–water partition coefficient (Wildman–Crippen LogP) is 2.81. The van der Waals surface area contributed by atoms with E-state index in [9.17, 15) is 0 Å². The average molecular weight is 255 g/mol. The summed E-state index contributed by atoms with van der Waals surface area (Å²) < 4.78 is 0. The Bertz CT molecular complexity index is 567. The molecule has 0 bridgehead atoms. The molecule has 2 heterocycles. The Balaban J connectivity index is 1.97. The fraction of sp³-hybridized carbons (Fsp3) is 0.438. The third-order valence-corrected chi connectivity index (χ3v) is 4.00. The van der Waals surface area contributed by atoms with Crippen molar-refractivity contribution in [2.45, 2.75) is 32.4 Å². The summed E-state index contributed by atoms with van der Waals surface area (Å²) in [6, 6.07) is 11.9. The predicted molar refractivity (Wildman–Crippen MR) is 80.6 cm³/mol. The SMILES string of the molecule is CCC1CNC(C)CN1c1ccc2ncccc2c1. The Kier molecular flexibility index (Phi) is 3.38. The van der Waals surface area contributed by atoms with Gasteiger partial charge in [0.2, 0.25) is 0 Å². The molecule has 0 saturated carbocycles. The van der Waals surface area contributed by atoms with Crippen molar-refractivity contribution in [2.75, 3.05) is 18.0 Å². The van der Waals surface area contributed by atoms with Gasteiger partial charge >= 0.3 is 0 Å². The summed E-state index contributed by atoms with van der Waals surface area (Å²) in [6.07, 6.45) is 3.02. The summed E-state index contributed by atoms with van der Waals surface area (Å²) in [4.78, 5) is 6.93. The van der Waals surface area contributed by atoms with Crippen LogP contribution in [0.3, 0.4) is 0 Å².